The highest BCUT2D eigenvalue weighted by molar-refractivity contribution is 7.15. The molecule has 0 bridgehead atoms. The Morgan fingerprint density at radius 2 is 2.35 bits per heavy atom. The minimum Gasteiger partial charge on any atom is -0.445 e. The quantitative estimate of drug-likeness (QED) is 0.776. The summed E-state index contributed by atoms with van der Waals surface area (Å²) in [5, 5.41) is 7.00. The zero-order chi connectivity index (χ0) is 14.4. The van der Waals surface area contributed by atoms with E-state index in [0.29, 0.717) is 6.54 Å². The Bertz CT molecular complexity index is 619. The number of rotatable bonds is 6. The molecule has 0 aromatic carbocycles. The lowest BCUT2D eigenvalue weighted by Crippen LogP contribution is -2.37. The Morgan fingerprint density at radius 3 is 3.15 bits per heavy atom. The largest absolute Gasteiger partial charge is 0.445 e. The van der Waals surface area contributed by atoms with Crippen LogP contribution in [0.4, 0.5) is 4.79 Å². The van der Waals surface area contributed by atoms with Gasteiger partial charge in [-0.1, -0.05) is 12.7 Å². The number of nitrogens with zero attached hydrogens (tertiary/aromatic N) is 2. The van der Waals surface area contributed by atoms with Gasteiger partial charge in [0, 0.05) is 5.38 Å². The molecule has 8 heteroatoms. The van der Waals surface area contributed by atoms with Crippen LogP contribution >= 0.6 is 11.3 Å². The smallest absolute Gasteiger partial charge is 0.407 e. The fourth-order valence-corrected chi connectivity index (χ4v) is 2.34. The first-order valence-electron chi connectivity index (χ1n) is 5.87. The Hall–Kier alpha value is -2.35. The van der Waals surface area contributed by atoms with Crippen LogP contribution in [0.15, 0.2) is 30.6 Å². The molecule has 2 rings (SSSR count). The summed E-state index contributed by atoms with van der Waals surface area (Å²) in [7, 11) is 0. The lowest BCUT2D eigenvalue weighted by Gasteiger charge is -2.06. The summed E-state index contributed by atoms with van der Waals surface area (Å²) >= 11 is 1.55. The minimum absolute atomic E-state index is 0.112. The molecule has 20 heavy (non-hydrogen) atoms. The van der Waals surface area contributed by atoms with Gasteiger partial charge in [-0.05, 0) is 0 Å². The third kappa shape index (κ3) is 3.58. The maximum Gasteiger partial charge on any atom is 0.407 e. The molecular formula is C12H14N4O3S. The molecule has 0 atom stereocenters. The summed E-state index contributed by atoms with van der Waals surface area (Å²) < 4.78 is 6.58. The van der Waals surface area contributed by atoms with Crippen LogP contribution in [0.5, 0.6) is 0 Å². The van der Waals surface area contributed by atoms with Gasteiger partial charge in [0.05, 0.1) is 18.4 Å². The number of fused-ring (bicyclic) bond motifs is 1. The van der Waals surface area contributed by atoms with Gasteiger partial charge in [0.15, 0.2) is 0 Å². The monoisotopic (exact) mass is 294 g/mol. The Morgan fingerprint density at radius 1 is 1.50 bits per heavy atom. The van der Waals surface area contributed by atoms with Gasteiger partial charge < -0.3 is 15.4 Å². The number of carbonyl (C=O) groups excluding carboxylic acids is 2. The van der Waals surface area contributed by atoms with Crippen molar-refractivity contribution in [2.75, 3.05) is 13.2 Å². The Balaban J connectivity index is 1.74. The van der Waals surface area contributed by atoms with Crippen molar-refractivity contribution < 1.29 is 14.3 Å². The molecule has 0 unspecified atom stereocenters. The maximum absolute atomic E-state index is 11.6. The van der Waals surface area contributed by atoms with Crippen molar-refractivity contribution in [3.05, 3.63) is 36.3 Å². The average Bonchev–Trinajstić information content (AvgIpc) is 3.04. The van der Waals surface area contributed by atoms with Crippen molar-refractivity contribution in [2.24, 2.45) is 0 Å². The SMILES string of the molecule is C=CCOC(=O)NCC(=O)NCc1csc2cncn12. The molecule has 2 aromatic rings. The number of alkyl carbamates (subject to hydrolysis) is 1. The standard InChI is InChI=1S/C12H14N4O3S/c1-2-3-19-12(18)15-5-10(17)14-4-9-7-20-11-6-13-8-16(9)11/h2,6-8H,1,3-5H2,(H,14,17)(H,15,18). The zero-order valence-electron chi connectivity index (χ0n) is 10.7. The topological polar surface area (TPSA) is 84.7 Å². The summed E-state index contributed by atoms with van der Waals surface area (Å²) in [6.07, 6.45) is 4.26. The van der Waals surface area contributed by atoms with Crippen LogP contribution in [0, 0.1) is 0 Å². The van der Waals surface area contributed by atoms with Crippen LogP contribution in [0.3, 0.4) is 0 Å². The second kappa shape index (κ2) is 6.71. The molecule has 2 aromatic heterocycles. The van der Waals surface area contributed by atoms with Gasteiger partial charge in [-0.25, -0.2) is 9.78 Å². The number of ether oxygens (including phenoxy) is 1. The van der Waals surface area contributed by atoms with Crippen LogP contribution in [0.25, 0.3) is 4.83 Å². The minimum atomic E-state index is -0.646. The number of hydrogen-bond acceptors (Lipinski definition) is 5. The molecule has 0 aliphatic carbocycles. The van der Waals surface area contributed by atoms with E-state index in [-0.39, 0.29) is 19.1 Å². The van der Waals surface area contributed by atoms with E-state index >= 15 is 0 Å². The van der Waals surface area contributed by atoms with Crippen molar-refractivity contribution in [1.82, 2.24) is 20.0 Å². The van der Waals surface area contributed by atoms with E-state index in [1.807, 2.05) is 9.78 Å². The average molecular weight is 294 g/mol. The first-order valence-corrected chi connectivity index (χ1v) is 6.75. The number of imidazole rings is 1. The Kier molecular flexibility index (Phi) is 4.72. The number of hydrogen-bond donors (Lipinski definition) is 2. The molecule has 0 fully saturated rings. The molecule has 106 valence electrons. The van der Waals surface area contributed by atoms with Crippen LogP contribution in [0.2, 0.25) is 0 Å². The predicted octanol–water partition coefficient (Wildman–Crippen LogP) is 0.924. The number of amides is 2. The van der Waals surface area contributed by atoms with Gasteiger partial charge in [0.25, 0.3) is 0 Å². The van der Waals surface area contributed by atoms with E-state index in [0.717, 1.165) is 10.5 Å². The van der Waals surface area contributed by atoms with Gasteiger partial charge >= 0.3 is 6.09 Å². The van der Waals surface area contributed by atoms with Crippen LogP contribution in [-0.4, -0.2) is 34.5 Å². The molecule has 0 saturated carbocycles. The van der Waals surface area contributed by atoms with E-state index in [9.17, 15) is 9.59 Å². The van der Waals surface area contributed by atoms with E-state index in [1.54, 1.807) is 23.9 Å². The predicted molar refractivity (Wildman–Crippen MR) is 74.5 cm³/mol. The van der Waals surface area contributed by atoms with Gasteiger partial charge in [-0.15, -0.1) is 11.3 Å². The molecule has 0 spiro atoms. The number of carbonyl (C=O) groups is 2. The highest BCUT2D eigenvalue weighted by atomic mass is 32.1. The van der Waals surface area contributed by atoms with Crippen molar-refractivity contribution in [2.45, 2.75) is 6.54 Å². The molecule has 2 heterocycles. The summed E-state index contributed by atoms with van der Waals surface area (Å²) in [5.74, 6) is -0.292. The van der Waals surface area contributed by atoms with Crippen LogP contribution in [-0.2, 0) is 16.1 Å². The van der Waals surface area contributed by atoms with Crippen molar-refractivity contribution in [3.63, 3.8) is 0 Å². The van der Waals surface area contributed by atoms with Crippen molar-refractivity contribution in [3.8, 4) is 0 Å². The second-order valence-corrected chi connectivity index (χ2v) is 4.74. The van der Waals surface area contributed by atoms with Crippen LogP contribution < -0.4 is 10.6 Å². The van der Waals surface area contributed by atoms with E-state index in [2.05, 4.69) is 26.9 Å². The summed E-state index contributed by atoms with van der Waals surface area (Å²) in [6.45, 7) is 3.77. The van der Waals surface area contributed by atoms with E-state index < -0.39 is 6.09 Å². The highest BCUT2D eigenvalue weighted by Gasteiger charge is 2.07. The third-order valence-electron chi connectivity index (χ3n) is 2.42. The summed E-state index contributed by atoms with van der Waals surface area (Å²) in [5.41, 5.74) is 0.935. The number of nitrogens with one attached hydrogen (secondary N) is 2. The molecule has 0 saturated heterocycles. The lowest BCUT2D eigenvalue weighted by molar-refractivity contribution is -0.120. The highest BCUT2D eigenvalue weighted by Crippen LogP contribution is 2.14. The molecular weight excluding hydrogens is 280 g/mol. The summed E-state index contributed by atoms with van der Waals surface area (Å²) in [4.78, 5) is 27.7. The number of aromatic nitrogens is 2. The van der Waals surface area contributed by atoms with Crippen LogP contribution in [0.1, 0.15) is 5.69 Å². The van der Waals surface area contributed by atoms with Crippen molar-refractivity contribution in [1.29, 1.82) is 0 Å². The Labute approximate surface area is 119 Å². The van der Waals surface area contributed by atoms with Gasteiger partial charge in [-0.2, -0.15) is 0 Å². The molecule has 0 aliphatic heterocycles. The fraction of sp³-hybridized carbons (Fsp3) is 0.250. The fourth-order valence-electron chi connectivity index (χ4n) is 1.49. The third-order valence-corrected chi connectivity index (χ3v) is 3.36. The van der Waals surface area contributed by atoms with E-state index in [4.69, 9.17) is 0 Å². The number of thiazole rings is 1. The summed E-state index contributed by atoms with van der Waals surface area (Å²) in [6, 6.07) is 0. The van der Waals surface area contributed by atoms with E-state index in [1.165, 1.54) is 6.08 Å². The van der Waals surface area contributed by atoms with Crippen molar-refractivity contribution >= 4 is 28.2 Å². The second-order valence-electron chi connectivity index (χ2n) is 3.85. The molecule has 2 N–H and O–H groups in total. The van der Waals surface area contributed by atoms with Gasteiger partial charge in [-0.3, -0.25) is 9.20 Å². The molecule has 0 radical (unpaired) electrons. The zero-order valence-corrected chi connectivity index (χ0v) is 11.5. The first kappa shape index (κ1) is 14.1. The first-order chi connectivity index (χ1) is 9.70. The lowest BCUT2D eigenvalue weighted by atomic mass is 10.4. The van der Waals surface area contributed by atoms with Gasteiger partial charge in [0.1, 0.15) is 24.3 Å². The molecule has 2 amide bonds. The molecule has 7 nitrogen and oxygen atoms in total. The maximum atomic E-state index is 11.6. The normalized spacial score (nSPS) is 10.2. The molecule has 0 aliphatic rings. The van der Waals surface area contributed by atoms with Gasteiger partial charge in [0.2, 0.25) is 5.91 Å².